The van der Waals surface area contributed by atoms with Gasteiger partial charge in [-0.15, -0.1) is 0 Å². The second-order valence-corrected chi connectivity index (χ2v) is 4.78. The van der Waals surface area contributed by atoms with Crippen molar-refractivity contribution in [2.45, 2.75) is 13.5 Å². The summed E-state index contributed by atoms with van der Waals surface area (Å²) in [4.78, 5) is 10.5. The van der Waals surface area contributed by atoms with Crippen LogP contribution in [-0.4, -0.2) is 11.5 Å². The molecule has 2 aromatic carbocycles. The number of para-hydroxylation sites is 2. The topological polar surface area (TPSA) is 64.4 Å². The number of nitro groups is 1. The van der Waals surface area contributed by atoms with E-state index in [1.165, 1.54) is 6.07 Å². The highest BCUT2D eigenvalue weighted by atomic mass is 35.5. The molecule has 110 valence electrons. The Morgan fingerprint density at radius 2 is 2.00 bits per heavy atom. The Balaban J connectivity index is 2.22. The van der Waals surface area contributed by atoms with Crippen molar-refractivity contribution in [3.63, 3.8) is 0 Å². The normalized spacial score (nSPS) is 10.4. The van der Waals surface area contributed by atoms with Crippen LogP contribution >= 0.6 is 11.6 Å². The molecule has 0 fully saturated rings. The number of rotatable bonds is 6. The molecule has 0 atom stereocenters. The summed E-state index contributed by atoms with van der Waals surface area (Å²) in [7, 11) is 0. The number of hydrogen-bond donors (Lipinski definition) is 1. The molecule has 0 saturated heterocycles. The van der Waals surface area contributed by atoms with Crippen molar-refractivity contribution in [2.24, 2.45) is 0 Å². The maximum atomic E-state index is 11.0. The zero-order chi connectivity index (χ0) is 15.2. The Kier molecular flexibility index (Phi) is 5.14. The minimum Gasteiger partial charge on any atom is -0.449 e. The van der Waals surface area contributed by atoms with Gasteiger partial charge in [-0.3, -0.25) is 10.1 Å². The Morgan fingerprint density at radius 3 is 2.67 bits per heavy atom. The molecule has 0 bridgehead atoms. The van der Waals surface area contributed by atoms with Crippen molar-refractivity contribution < 1.29 is 9.66 Å². The minimum atomic E-state index is -0.483. The van der Waals surface area contributed by atoms with Gasteiger partial charge >= 0.3 is 5.69 Å². The van der Waals surface area contributed by atoms with Gasteiger partial charge in [0.1, 0.15) is 5.75 Å². The Morgan fingerprint density at radius 1 is 1.24 bits per heavy atom. The third kappa shape index (κ3) is 3.93. The van der Waals surface area contributed by atoms with E-state index in [0.29, 0.717) is 17.3 Å². The molecule has 0 amide bonds. The molecular formula is C15H15ClN2O3. The summed E-state index contributed by atoms with van der Waals surface area (Å²) in [6.07, 6.45) is 0. The summed E-state index contributed by atoms with van der Waals surface area (Å²) >= 11 is 6.17. The van der Waals surface area contributed by atoms with Gasteiger partial charge < -0.3 is 10.1 Å². The fourth-order valence-corrected chi connectivity index (χ4v) is 2.06. The van der Waals surface area contributed by atoms with Gasteiger partial charge in [0.05, 0.1) is 9.95 Å². The molecule has 21 heavy (non-hydrogen) atoms. The van der Waals surface area contributed by atoms with Gasteiger partial charge in [0.15, 0.2) is 0 Å². The van der Waals surface area contributed by atoms with Gasteiger partial charge in [0.2, 0.25) is 5.75 Å². The summed E-state index contributed by atoms with van der Waals surface area (Å²) < 4.78 is 5.57. The quantitative estimate of drug-likeness (QED) is 0.643. The zero-order valence-corrected chi connectivity index (χ0v) is 12.3. The van der Waals surface area contributed by atoms with E-state index in [1.807, 2.05) is 13.0 Å². The highest BCUT2D eigenvalue weighted by molar-refractivity contribution is 6.32. The molecule has 0 aliphatic heterocycles. The Labute approximate surface area is 127 Å². The number of hydrogen-bond acceptors (Lipinski definition) is 4. The minimum absolute atomic E-state index is 0.0923. The van der Waals surface area contributed by atoms with E-state index in [9.17, 15) is 10.1 Å². The first-order chi connectivity index (χ1) is 10.1. The molecule has 0 saturated carbocycles. The van der Waals surface area contributed by atoms with Crippen LogP contribution in [0.2, 0.25) is 5.02 Å². The molecule has 0 heterocycles. The number of nitrogens with one attached hydrogen (secondary N) is 1. The number of nitro benzene ring substituents is 1. The number of halogens is 1. The molecule has 1 N–H and O–H groups in total. The summed E-state index contributed by atoms with van der Waals surface area (Å²) in [5.41, 5.74) is 0.932. The highest BCUT2D eigenvalue weighted by Gasteiger charge is 2.15. The van der Waals surface area contributed by atoms with Crippen LogP contribution in [0.5, 0.6) is 11.5 Å². The van der Waals surface area contributed by atoms with Gasteiger partial charge in [-0.25, -0.2) is 0 Å². The average molecular weight is 307 g/mol. The number of benzene rings is 2. The Hall–Kier alpha value is -2.11. The third-order valence-corrected chi connectivity index (χ3v) is 3.15. The largest absolute Gasteiger partial charge is 0.449 e. The molecule has 0 spiro atoms. The predicted molar refractivity (Wildman–Crippen MR) is 82.0 cm³/mol. The van der Waals surface area contributed by atoms with E-state index < -0.39 is 4.92 Å². The molecule has 0 radical (unpaired) electrons. The van der Waals surface area contributed by atoms with Crippen molar-refractivity contribution in [2.75, 3.05) is 6.54 Å². The van der Waals surface area contributed by atoms with Crippen LogP contribution in [0.4, 0.5) is 5.69 Å². The SMILES string of the molecule is CCNCc1ccc(Oc2ccccc2[N+](=O)[O-])c(Cl)c1. The molecule has 6 heteroatoms. The van der Waals surface area contributed by atoms with E-state index in [-0.39, 0.29) is 11.4 Å². The molecular weight excluding hydrogens is 292 g/mol. The first-order valence-electron chi connectivity index (χ1n) is 6.52. The predicted octanol–water partition coefficient (Wildman–Crippen LogP) is 4.15. The first-order valence-corrected chi connectivity index (χ1v) is 6.90. The molecule has 0 unspecified atom stereocenters. The van der Waals surface area contributed by atoms with Gasteiger partial charge in [-0.05, 0) is 30.3 Å². The molecule has 2 aromatic rings. The molecule has 5 nitrogen and oxygen atoms in total. The first kappa shape index (κ1) is 15.3. The lowest BCUT2D eigenvalue weighted by Gasteiger charge is -2.09. The Bertz CT molecular complexity index is 647. The fourth-order valence-electron chi connectivity index (χ4n) is 1.82. The molecule has 2 rings (SSSR count). The van der Waals surface area contributed by atoms with Gasteiger partial charge in [-0.1, -0.05) is 36.7 Å². The van der Waals surface area contributed by atoms with Gasteiger partial charge in [-0.2, -0.15) is 0 Å². The van der Waals surface area contributed by atoms with Crippen LogP contribution in [-0.2, 0) is 6.54 Å². The van der Waals surface area contributed by atoms with Crippen molar-refractivity contribution in [1.82, 2.24) is 5.32 Å². The van der Waals surface area contributed by atoms with E-state index in [1.54, 1.807) is 30.3 Å². The van der Waals surface area contributed by atoms with Crippen molar-refractivity contribution in [1.29, 1.82) is 0 Å². The van der Waals surface area contributed by atoms with Crippen LogP contribution in [0.25, 0.3) is 0 Å². The molecule has 0 aliphatic rings. The van der Waals surface area contributed by atoms with E-state index in [4.69, 9.17) is 16.3 Å². The smallest absolute Gasteiger partial charge is 0.311 e. The second-order valence-electron chi connectivity index (χ2n) is 4.37. The maximum absolute atomic E-state index is 11.0. The van der Waals surface area contributed by atoms with Crippen LogP contribution in [0.3, 0.4) is 0 Å². The molecule has 0 aromatic heterocycles. The van der Waals surface area contributed by atoms with E-state index >= 15 is 0 Å². The molecule has 0 aliphatic carbocycles. The fraction of sp³-hybridized carbons (Fsp3) is 0.200. The average Bonchev–Trinajstić information content (AvgIpc) is 2.48. The lowest BCUT2D eigenvalue weighted by Crippen LogP contribution is -2.11. The lowest BCUT2D eigenvalue weighted by atomic mass is 10.2. The monoisotopic (exact) mass is 306 g/mol. The second kappa shape index (κ2) is 7.06. The van der Waals surface area contributed by atoms with Gasteiger partial charge in [0, 0.05) is 12.6 Å². The maximum Gasteiger partial charge on any atom is 0.311 e. The van der Waals surface area contributed by atoms with Crippen molar-refractivity contribution in [3.8, 4) is 11.5 Å². The van der Waals surface area contributed by atoms with Crippen LogP contribution in [0.1, 0.15) is 12.5 Å². The van der Waals surface area contributed by atoms with Crippen molar-refractivity contribution in [3.05, 3.63) is 63.2 Å². The standard InChI is InChI=1S/C15H15ClN2O3/c1-2-17-10-11-7-8-14(12(16)9-11)21-15-6-4-3-5-13(15)18(19)20/h3-9,17H,2,10H2,1H3. The summed E-state index contributed by atoms with van der Waals surface area (Å²) in [6.45, 7) is 3.60. The van der Waals surface area contributed by atoms with Gasteiger partial charge in [0.25, 0.3) is 0 Å². The van der Waals surface area contributed by atoms with Crippen LogP contribution < -0.4 is 10.1 Å². The number of nitrogens with zero attached hydrogens (tertiary/aromatic N) is 1. The summed E-state index contributed by atoms with van der Waals surface area (Å²) in [5, 5.41) is 14.6. The van der Waals surface area contributed by atoms with Crippen LogP contribution in [0, 0.1) is 10.1 Å². The summed E-state index contributed by atoms with van der Waals surface area (Å²) in [5.74, 6) is 0.565. The van der Waals surface area contributed by atoms with E-state index in [0.717, 1.165) is 12.1 Å². The van der Waals surface area contributed by atoms with Crippen LogP contribution in [0.15, 0.2) is 42.5 Å². The lowest BCUT2D eigenvalue weighted by molar-refractivity contribution is -0.385. The van der Waals surface area contributed by atoms with E-state index in [2.05, 4.69) is 5.32 Å². The van der Waals surface area contributed by atoms with Crippen molar-refractivity contribution >= 4 is 17.3 Å². The third-order valence-electron chi connectivity index (χ3n) is 2.86. The number of ether oxygens (including phenoxy) is 1. The zero-order valence-electron chi connectivity index (χ0n) is 11.5. The highest BCUT2D eigenvalue weighted by Crippen LogP contribution is 2.34. The summed E-state index contributed by atoms with van der Waals surface area (Å²) in [6, 6.07) is 11.6.